The minimum Gasteiger partial charge on any atom is -0.218 e. The summed E-state index contributed by atoms with van der Waals surface area (Å²) in [4.78, 5) is 2.53. The number of alkyl halides is 5. The highest BCUT2D eigenvalue weighted by Crippen LogP contribution is 2.37. The first-order valence-corrected chi connectivity index (χ1v) is 4.24. The molecule has 1 heterocycles. The monoisotopic (exact) mass is 293 g/mol. The Labute approximate surface area is 88.2 Å². The van der Waals surface area contributed by atoms with Gasteiger partial charge in [-0.05, 0) is 22.0 Å². The number of pyridine rings is 1. The van der Waals surface area contributed by atoms with Gasteiger partial charge in [0.25, 0.3) is 6.43 Å². The molecule has 1 rings (SSSR count). The molecule has 0 bridgehead atoms. The van der Waals surface area contributed by atoms with Gasteiger partial charge in [0.1, 0.15) is 11.3 Å². The van der Waals surface area contributed by atoms with Crippen LogP contribution in [0.5, 0.6) is 0 Å². The van der Waals surface area contributed by atoms with Crippen LogP contribution in [0, 0.1) is 5.95 Å². The molecule has 0 saturated carbocycles. The molecule has 0 saturated heterocycles. The normalized spacial score (nSPS) is 12.3. The molecule has 0 aliphatic rings. The first kappa shape index (κ1) is 12.3. The van der Waals surface area contributed by atoms with E-state index in [1.165, 1.54) is 0 Å². The van der Waals surface area contributed by atoms with Gasteiger partial charge in [-0.25, -0.2) is 13.8 Å². The maximum atomic E-state index is 12.8. The van der Waals surface area contributed by atoms with E-state index < -0.39 is 34.3 Å². The van der Waals surface area contributed by atoms with Crippen molar-refractivity contribution in [3.05, 3.63) is 27.7 Å². The van der Waals surface area contributed by atoms with Crippen LogP contribution in [0.15, 0.2) is 10.5 Å². The topological polar surface area (TPSA) is 12.9 Å². The van der Waals surface area contributed by atoms with Crippen LogP contribution >= 0.6 is 15.9 Å². The summed E-state index contributed by atoms with van der Waals surface area (Å²) in [6.07, 6.45) is -8.10. The second-order valence-electron chi connectivity index (χ2n) is 2.49. The number of halogens is 7. The van der Waals surface area contributed by atoms with Crippen LogP contribution in [0.25, 0.3) is 0 Å². The maximum absolute atomic E-state index is 12.8. The predicted octanol–water partition coefficient (Wildman–Crippen LogP) is 3.94. The fourth-order valence-electron chi connectivity index (χ4n) is 0.866. The van der Waals surface area contributed by atoms with Crippen molar-refractivity contribution in [1.82, 2.24) is 4.98 Å². The molecule has 0 spiro atoms. The zero-order chi connectivity index (χ0) is 11.8. The highest BCUT2D eigenvalue weighted by Gasteiger charge is 2.38. The first-order valence-electron chi connectivity index (χ1n) is 3.44. The van der Waals surface area contributed by atoms with Crippen molar-refractivity contribution in [2.75, 3.05) is 0 Å². The van der Waals surface area contributed by atoms with E-state index in [0.717, 1.165) is 0 Å². The Morgan fingerprint density at radius 2 is 1.80 bits per heavy atom. The van der Waals surface area contributed by atoms with Gasteiger partial charge in [0, 0.05) is 4.47 Å². The quantitative estimate of drug-likeness (QED) is 0.564. The largest absolute Gasteiger partial charge is 0.421 e. The Morgan fingerprint density at radius 3 is 2.13 bits per heavy atom. The molecule has 0 amide bonds. The maximum Gasteiger partial charge on any atom is 0.421 e. The van der Waals surface area contributed by atoms with Crippen LogP contribution in [0.1, 0.15) is 17.7 Å². The Morgan fingerprint density at radius 1 is 1.27 bits per heavy atom. The molecule has 15 heavy (non-hydrogen) atoms. The van der Waals surface area contributed by atoms with E-state index in [4.69, 9.17) is 0 Å². The molecule has 0 fully saturated rings. The van der Waals surface area contributed by atoms with Gasteiger partial charge < -0.3 is 0 Å². The lowest BCUT2D eigenvalue weighted by Crippen LogP contribution is -2.12. The summed E-state index contributed by atoms with van der Waals surface area (Å²) >= 11 is 2.37. The van der Waals surface area contributed by atoms with Crippen LogP contribution in [-0.4, -0.2) is 4.98 Å². The summed E-state index contributed by atoms with van der Waals surface area (Å²) < 4.78 is 72.5. The van der Waals surface area contributed by atoms with E-state index in [-0.39, 0.29) is 0 Å². The van der Waals surface area contributed by atoms with Crippen molar-refractivity contribution >= 4 is 15.9 Å². The van der Waals surface area contributed by atoms with Crippen molar-refractivity contribution in [1.29, 1.82) is 0 Å². The molecule has 8 heteroatoms. The fourth-order valence-corrected chi connectivity index (χ4v) is 1.49. The zero-order valence-corrected chi connectivity index (χ0v) is 8.33. The summed E-state index contributed by atoms with van der Waals surface area (Å²) in [5.74, 6) is -1.97. The predicted molar refractivity (Wildman–Crippen MR) is 41.9 cm³/mol. The molecular formula is C7H2BrF6N. The van der Waals surface area contributed by atoms with Gasteiger partial charge in [-0.1, -0.05) is 0 Å². The van der Waals surface area contributed by atoms with Gasteiger partial charge in [0.05, 0.1) is 0 Å². The molecule has 1 aromatic heterocycles. The standard InChI is InChI=1S/C7H2BrF6N/c8-2-1-3(5(9)10)15-6(11)4(2)7(12,13)14/h1,5H. The molecule has 84 valence electrons. The lowest BCUT2D eigenvalue weighted by molar-refractivity contribution is -0.141. The van der Waals surface area contributed by atoms with E-state index in [2.05, 4.69) is 20.9 Å². The molecule has 0 aromatic carbocycles. The van der Waals surface area contributed by atoms with Crippen LogP contribution in [-0.2, 0) is 6.18 Å². The van der Waals surface area contributed by atoms with Crippen molar-refractivity contribution in [2.45, 2.75) is 12.6 Å². The average molecular weight is 294 g/mol. The molecule has 0 aliphatic carbocycles. The van der Waals surface area contributed by atoms with Gasteiger partial charge >= 0.3 is 6.18 Å². The number of hydrogen-bond donors (Lipinski definition) is 0. The second-order valence-corrected chi connectivity index (χ2v) is 3.35. The van der Waals surface area contributed by atoms with Crippen LogP contribution in [0.2, 0.25) is 0 Å². The third kappa shape index (κ3) is 2.61. The van der Waals surface area contributed by atoms with E-state index in [0.29, 0.717) is 6.07 Å². The molecule has 0 unspecified atom stereocenters. The van der Waals surface area contributed by atoms with E-state index >= 15 is 0 Å². The van der Waals surface area contributed by atoms with Gasteiger partial charge in [0.15, 0.2) is 0 Å². The molecule has 0 radical (unpaired) electrons. The Balaban J connectivity index is 3.34. The summed E-state index contributed by atoms with van der Waals surface area (Å²) in [7, 11) is 0. The van der Waals surface area contributed by atoms with Gasteiger partial charge in [-0.3, -0.25) is 0 Å². The van der Waals surface area contributed by atoms with E-state index in [9.17, 15) is 26.3 Å². The number of aromatic nitrogens is 1. The van der Waals surface area contributed by atoms with Crippen LogP contribution in [0.3, 0.4) is 0 Å². The molecule has 1 aromatic rings. The Kier molecular flexibility index (Phi) is 3.27. The van der Waals surface area contributed by atoms with E-state index in [1.54, 1.807) is 0 Å². The van der Waals surface area contributed by atoms with Crippen LogP contribution < -0.4 is 0 Å². The SMILES string of the molecule is Fc1nc(C(F)F)cc(Br)c1C(F)(F)F. The highest BCUT2D eigenvalue weighted by molar-refractivity contribution is 9.10. The van der Waals surface area contributed by atoms with Crippen molar-refractivity contribution in [3.63, 3.8) is 0 Å². The van der Waals surface area contributed by atoms with Crippen molar-refractivity contribution < 1.29 is 26.3 Å². The van der Waals surface area contributed by atoms with Gasteiger partial charge in [0.2, 0.25) is 5.95 Å². The number of hydrogen-bond acceptors (Lipinski definition) is 1. The van der Waals surface area contributed by atoms with Gasteiger partial charge in [-0.2, -0.15) is 17.6 Å². The van der Waals surface area contributed by atoms with Gasteiger partial charge in [-0.15, -0.1) is 0 Å². The number of nitrogens with zero attached hydrogens (tertiary/aromatic N) is 1. The second kappa shape index (κ2) is 3.99. The Hall–Kier alpha value is -0.790. The summed E-state index contributed by atoms with van der Waals surface area (Å²) in [5.41, 5.74) is -2.74. The average Bonchev–Trinajstić information content (AvgIpc) is 1.99. The van der Waals surface area contributed by atoms with Crippen molar-refractivity contribution in [2.24, 2.45) is 0 Å². The summed E-state index contributed by atoms with van der Waals surface area (Å²) in [6.45, 7) is 0. The molecule has 0 N–H and O–H groups in total. The third-order valence-corrected chi connectivity index (χ3v) is 2.08. The van der Waals surface area contributed by atoms with E-state index in [1.807, 2.05) is 0 Å². The Bertz CT molecular complexity index is 351. The highest BCUT2D eigenvalue weighted by atomic mass is 79.9. The fraction of sp³-hybridized carbons (Fsp3) is 0.286. The molecular weight excluding hydrogens is 292 g/mol. The smallest absolute Gasteiger partial charge is 0.218 e. The summed E-state index contributed by atoms with van der Waals surface area (Å²) in [5, 5.41) is 0. The number of rotatable bonds is 1. The summed E-state index contributed by atoms with van der Waals surface area (Å²) in [6, 6.07) is 0.441. The van der Waals surface area contributed by atoms with Crippen LogP contribution in [0.4, 0.5) is 26.3 Å². The molecule has 0 atom stereocenters. The molecule has 0 aliphatic heterocycles. The van der Waals surface area contributed by atoms with Crippen molar-refractivity contribution in [3.8, 4) is 0 Å². The minimum atomic E-state index is -4.98. The zero-order valence-electron chi connectivity index (χ0n) is 6.75. The third-order valence-electron chi connectivity index (χ3n) is 1.45. The lowest BCUT2D eigenvalue weighted by atomic mass is 10.2. The molecule has 1 nitrogen and oxygen atoms in total. The first-order chi connectivity index (χ1) is 6.73. The lowest BCUT2D eigenvalue weighted by Gasteiger charge is -2.10. The minimum absolute atomic E-state index is 0.441.